The molecule has 0 aliphatic carbocycles. The number of nitrogens with one attached hydrogen (secondary N) is 1. The average molecular weight is 297 g/mol. The highest BCUT2D eigenvalue weighted by molar-refractivity contribution is 9.10. The molecular weight excluding hydrogens is 283 g/mol. The quantitative estimate of drug-likeness (QED) is 0.836. The molecule has 1 aromatic heterocycles. The lowest BCUT2D eigenvalue weighted by molar-refractivity contribution is 0.567. The molecule has 2 rings (SSSR count). The van der Waals surface area contributed by atoms with Gasteiger partial charge in [0.05, 0.1) is 10.2 Å². The highest BCUT2D eigenvalue weighted by Crippen LogP contribution is 2.27. The molecule has 0 unspecified atom stereocenters. The normalized spacial score (nSPS) is 11.8. The molecule has 4 heteroatoms. The van der Waals surface area contributed by atoms with Crippen LogP contribution in [0.4, 0.5) is 4.39 Å². The van der Waals surface area contributed by atoms with Gasteiger partial charge < -0.3 is 0 Å². The Kier molecular flexibility index (Phi) is 3.08. The van der Waals surface area contributed by atoms with Crippen molar-refractivity contribution in [2.45, 2.75) is 26.2 Å². The minimum atomic E-state index is -0.275. The van der Waals surface area contributed by atoms with E-state index in [1.807, 2.05) is 12.1 Å². The summed E-state index contributed by atoms with van der Waals surface area (Å²) >= 11 is 3.14. The van der Waals surface area contributed by atoms with Gasteiger partial charge in [-0.05, 0) is 34.1 Å². The predicted octanol–water partition coefficient (Wildman–Crippen LogP) is 4.28. The Labute approximate surface area is 108 Å². The van der Waals surface area contributed by atoms with Crippen molar-refractivity contribution in [2.75, 3.05) is 0 Å². The molecule has 0 bridgehead atoms. The number of aromatic amines is 1. The third-order valence-corrected chi connectivity index (χ3v) is 3.24. The molecule has 0 spiro atoms. The van der Waals surface area contributed by atoms with Gasteiger partial charge in [-0.1, -0.05) is 26.8 Å². The Hall–Kier alpha value is -1.16. The van der Waals surface area contributed by atoms with E-state index in [1.165, 1.54) is 6.07 Å². The van der Waals surface area contributed by atoms with Crippen molar-refractivity contribution in [3.05, 3.63) is 40.2 Å². The van der Waals surface area contributed by atoms with E-state index in [9.17, 15) is 4.39 Å². The number of benzene rings is 1. The first-order valence-corrected chi connectivity index (χ1v) is 6.18. The zero-order valence-electron chi connectivity index (χ0n) is 10.0. The molecule has 2 nitrogen and oxygen atoms in total. The van der Waals surface area contributed by atoms with Gasteiger partial charge in [-0.25, -0.2) is 4.39 Å². The lowest BCUT2D eigenvalue weighted by Gasteiger charge is -2.14. The van der Waals surface area contributed by atoms with Crippen molar-refractivity contribution in [3.8, 4) is 11.3 Å². The van der Waals surface area contributed by atoms with E-state index in [-0.39, 0.29) is 11.2 Å². The van der Waals surface area contributed by atoms with Crippen molar-refractivity contribution < 1.29 is 4.39 Å². The molecule has 1 heterocycles. The number of aromatic nitrogens is 2. The SMILES string of the molecule is CC(C)(C)c1cc(-c2ccc(Br)c(F)c2)n[nH]1. The van der Waals surface area contributed by atoms with Crippen LogP contribution < -0.4 is 0 Å². The minimum absolute atomic E-state index is 0.0131. The molecule has 90 valence electrons. The second-order valence-electron chi connectivity index (χ2n) is 5.05. The molecule has 17 heavy (non-hydrogen) atoms. The Balaban J connectivity index is 2.40. The Morgan fingerprint density at radius 3 is 2.47 bits per heavy atom. The first-order valence-electron chi connectivity index (χ1n) is 5.39. The molecule has 0 atom stereocenters. The van der Waals surface area contributed by atoms with Crippen LogP contribution >= 0.6 is 15.9 Å². The largest absolute Gasteiger partial charge is 0.281 e. The average Bonchev–Trinajstić information content (AvgIpc) is 2.70. The maximum atomic E-state index is 13.4. The van der Waals surface area contributed by atoms with Gasteiger partial charge in [-0.2, -0.15) is 5.10 Å². The third kappa shape index (κ3) is 2.57. The summed E-state index contributed by atoms with van der Waals surface area (Å²) in [5.74, 6) is -0.275. The van der Waals surface area contributed by atoms with Crippen LogP contribution in [0.1, 0.15) is 26.5 Å². The van der Waals surface area contributed by atoms with Crippen LogP contribution in [0.5, 0.6) is 0 Å². The molecule has 0 aliphatic heterocycles. The molecular formula is C13H14BrFN2. The van der Waals surface area contributed by atoms with E-state index < -0.39 is 0 Å². The van der Waals surface area contributed by atoms with Gasteiger partial charge in [0.2, 0.25) is 0 Å². The number of hydrogen-bond acceptors (Lipinski definition) is 1. The van der Waals surface area contributed by atoms with Gasteiger partial charge in [0.15, 0.2) is 0 Å². The molecule has 0 saturated carbocycles. The Morgan fingerprint density at radius 2 is 1.94 bits per heavy atom. The van der Waals surface area contributed by atoms with Crippen LogP contribution in [-0.2, 0) is 5.41 Å². The summed E-state index contributed by atoms with van der Waals surface area (Å²) < 4.78 is 13.9. The fraction of sp³-hybridized carbons (Fsp3) is 0.308. The Morgan fingerprint density at radius 1 is 1.24 bits per heavy atom. The van der Waals surface area contributed by atoms with E-state index >= 15 is 0 Å². The molecule has 2 aromatic rings. The number of halogens is 2. The minimum Gasteiger partial charge on any atom is -0.281 e. The van der Waals surface area contributed by atoms with Gasteiger partial charge >= 0.3 is 0 Å². The highest BCUT2D eigenvalue weighted by atomic mass is 79.9. The molecule has 0 amide bonds. The fourth-order valence-electron chi connectivity index (χ4n) is 1.51. The molecule has 0 fully saturated rings. The standard InChI is InChI=1S/C13H14BrFN2/c1-13(2,3)12-7-11(16-17-12)8-4-5-9(14)10(15)6-8/h4-7H,1-3H3,(H,16,17). The second kappa shape index (κ2) is 4.26. The Bertz CT molecular complexity index is 541. The van der Waals surface area contributed by atoms with Gasteiger partial charge in [-0.15, -0.1) is 0 Å². The van der Waals surface area contributed by atoms with Crippen molar-refractivity contribution in [2.24, 2.45) is 0 Å². The fourth-order valence-corrected chi connectivity index (χ4v) is 1.76. The summed E-state index contributed by atoms with van der Waals surface area (Å²) in [7, 11) is 0. The van der Waals surface area contributed by atoms with Crippen LogP contribution in [0.25, 0.3) is 11.3 Å². The smallest absolute Gasteiger partial charge is 0.138 e. The predicted molar refractivity (Wildman–Crippen MR) is 70.4 cm³/mol. The van der Waals surface area contributed by atoms with E-state index in [1.54, 1.807) is 6.07 Å². The summed E-state index contributed by atoms with van der Waals surface area (Å²) in [6.45, 7) is 6.31. The second-order valence-corrected chi connectivity index (χ2v) is 5.90. The summed E-state index contributed by atoms with van der Waals surface area (Å²) in [5, 5.41) is 7.21. The monoisotopic (exact) mass is 296 g/mol. The number of H-pyrrole nitrogens is 1. The lowest BCUT2D eigenvalue weighted by atomic mass is 9.92. The summed E-state index contributed by atoms with van der Waals surface area (Å²) in [4.78, 5) is 0. The maximum Gasteiger partial charge on any atom is 0.138 e. The summed E-state index contributed by atoms with van der Waals surface area (Å²) in [6.07, 6.45) is 0. The van der Waals surface area contributed by atoms with Crippen LogP contribution in [0, 0.1) is 5.82 Å². The van der Waals surface area contributed by atoms with E-state index in [0.717, 1.165) is 17.0 Å². The molecule has 0 saturated heterocycles. The van der Waals surface area contributed by atoms with E-state index in [4.69, 9.17) is 0 Å². The van der Waals surface area contributed by atoms with Crippen molar-refractivity contribution in [1.29, 1.82) is 0 Å². The first-order chi connectivity index (χ1) is 7.88. The van der Waals surface area contributed by atoms with Gasteiger partial charge in [0, 0.05) is 16.7 Å². The van der Waals surface area contributed by atoms with Crippen molar-refractivity contribution >= 4 is 15.9 Å². The number of rotatable bonds is 1. The molecule has 1 N–H and O–H groups in total. The number of nitrogens with zero attached hydrogens (tertiary/aromatic N) is 1. The van der Waals surface area contributed by atoms with Crippen LogP contribution in [-0.4, -0.2) is 10.2 Å². The zero-order chi connectivity index (χ0) is 12.6. The van der Waals surface area contributed by atoms with Gasteiger partial charge in [-0.3, -0.25) is 5.10 Å². The van der Waals surface area contributed by atoms with Crippen LogP contribution in [0.2, 0.25) is 0 Å². The summed E-state index contributed by atoms with van der Waals surface area (Å²) in [5.41, 5.74) is 2.59. The topological polar surface area (TPSA) is 28.7 Å². The zero-order valence-corrected chi connectivity index (χ0v) is 11.6. The maximum absolute atomic E-state index is 13.4. The van der Waals surface area contributed by atoms with Crippen LogP contribution in [0.15, 0.2) is 28.7 Å². The molecule has 1 aromatic carbocycles. The summed E-state index contributed by atoms with van der Waals surface area (Å²) in [6, 6.07) is 6.97. The highest BCUT2D eigenvalue weighted by Gasteiger charge is 2.17. The van der Waals surface area contributed by atoms with Crippen molar-refractivity contribution in [3.63, 3.8) is 0 Å². The van der Waals surface area contributed by atoms with Crippen molar-refractivity contribution in [1.82, 2.24) is 10.2 Å². The molecule has 0 radical (unpaired) electrons. The van der Waals surface area contributed by atoms with Gasteiger partial charge in [0.1, 0.15) is 5.82 Å². The first kappa shape index (κ1) is 12.3. The van der Waals surface area contributed by atoms with Crippen LogP contribution in [0.3, 0.4) is 0 Å². The van der Waals surface area contributed by atoms with E-state index in [0.29, 0.717) is 4.47 Å². The van der Waals surface area contributed by atoms with E-state index in [2.05, 4.69) is 46.9 Å². The third-order valence-electron chi connectivity index (χ3n) is 2.60. The van der Waals surface area contributed by atoms with Gasteiger partial charge in [0.25, 0.3) is 0 Å². The lowest BCUT2D eigenvalue weighted by Crippen LogP contribution is -2.11. The number of hydrogen-bond donors (Lipinski definition) is 1. The molecule has 0 aliphatic rings.